The number of aliphatic hydroxyl groups is 1. The molecular weight excluding hydrogens is 440 g/mol. The van der Waals surface area contributed by atoms with E-state index in [-0.39, 0.29) is 6.61 Å². The summed E-state index contributed by atoms with van der Waals surface area (Å²) in [5.74, 6) is 0.883. The summed E-state index contributed by atoms with van der Waals surface area (Å²) in [6.07, 6.45) is 1.92. The van der Waals surface area contributed by atoms with Gasteiger partial charge in [-0.1, -0.05) is 66.7 Å². The Morgan fingerprint density at radius 2 is 1.26 bits per heavy atom. The van der Waals surface area contributed by atoms with E-state index in [1.807, 2.05) is 30.5 Å². The van der Waals surface area contributed by atoms with Gasteiger partial charge in [0, 0.05) is 36.3 Å². The van der Waals surface area contributed by atoms with Gasteiger partial charge in [0.2, 0.25) is 0 Å². The summed E-state index contributed by atoms with van der Waals surface area (Å²) in [5, 5.41) is 10.2. The van der Waals surface area contributed by atoms with Gasteiger partial charge < -0.3 is 14.7 Å². The molecule has 3 aromatic carbocycles. The zero-order valence-corrected chi connectivity index (χ0v) is 19.9. The zero-order valence-electron chi connectivity index (χ0n) is 19.1. The summed E-state index contributed by atoms with van der Waals surface area (Å²) in [5.41, 5.74) is 8.12. The van der Waals surface area contributed by atoms with Crippen molar-refractivity contribution in [3.8, 4) is 22.3 Å². The van der Waals surface area contributed by atoms with Crippen LogP contribution in [-0.4, -0.2) is 36.4 Å². The zero-order chi connectivity index (χ0) is 23.2. The lowest BCUT2D eigenvalue weighted by Crippen LogP contribution is -2.36. The van der Waals surface area contributed by atoms with E-state index in [0.717, 1.165) is 53.8 Å². The normalized spacial score (nSPS) is 13.7. The van der Waals surface area contributed by atoms with Crippen molar-refractivity contribution in [3.63, 3.8) is 0 Å². The fraction of sp³-hybridized carbons (Fsp3) is 0.207. The van der Waals surface area contributed by atoms with Gasteiger partial charge in [0.1, 0.15) is 0 Å². The molecule has 0 radical (unpaired) electrons. The van der Waals surface area contributed by atoms with Crippen molar-refractivity contribution in [2.75, 3.05) is 31.2 Å². The fourth-order valence-electron chi connectivity index (χ4n) is 4.08. The molecule has 5 heteroatoms. The van der Waals surface area contributed by atoms with E-state index < -0.39 is 0 Å². The van der Waals surface area contributed by atoms with Gasteiger partial charge >= 0.3 is 0 Å². The summed E-state index contributed by atoms with van der Waals surface area (Å²) in [6, 6.07) is 29.7. The molecule has 0 aliphatic carbocycles. The van der Waals surface area contributed by atoms with Crippen molar-refractivity contribution in [1.29, 1.82) is 0 Å². The van der Waals surface area contributed by atoms with Crippen LogP contribution in [0.2, 0.25) is 0 Å². The molecule has 1 saturated heterocycles. The molecule has 1 aliphatic rings. The number of ether oxygens (including phenoxy) is 1. The van der Waals surface area contributed by atoms with Gasteiger partial charge in [-0.3, -0.25) is 0 Å². The number of anilines is 1. The first kappa shape index (κ1) is 22.7. The van der Waals surface area contributed by atoms with Crippen LogP contribution in [0.5, 0.6) is 0 Å². The maximum atomic E-state index is 9.20. The van der Waals surface area contributed by atoms with Crippen LogP contribution in [0.1, 0.15) is 11.1 Å². The van der Waals surface area contributed by atoms with Gasteiger partial charge in [0.05, 0.1) is 24.8 Å². The molecule has 0 atom stereocenters. The molecule has 2 heterocycles. The quantitative estimate of drug-likeness (QED) is 0.335. The van der Waals surface area contributed by atoms with Gasteiger partial charge in [-0.05, 0) is 46.0 Å². The molecule has 1 N–H and O–H groups in total. The number of hydrogen-bond donors (Lipinski definition) is 1. The van der Waals surface area contributed by atoms with E-state index in [1.54, 1.807) is 11.8 Å². The van der Waals surface area contributed by atoms with Gasteiger partial charge in [-0.2, -0.15) is 0 Å². The van der Waals surface area contributed by atoms with E-state index in [0.29, 0.717) is 0 Å². The van der Waals surface area contributed by atoms with Crippen molar-refractivity contribution in [2.24, 2.45) is 0 Å². The Labute approximate surface area is 205 Å². The van der Waals surface area contributed by atoms with Crippen molar-refractivity contribution in [3.05, 3.63) is 102 Å². The maximum Gasteiger partial charge on any atom is 0.0963 e. The van der Waals surface area contributed by atoms with Crippen LogP contribution in [0.25, 0.3) is 22.3 Å². The molecule has 0 saturated carbocycles. The number of pyridine rings is 1. The molecule has 0 bridgehead atoms. The Bertz CT molecular complexity index is 1190. The van der Waals surface area contributed by atoms with Gasteiger partial charge in [0.25, 0.3) is 0 Å². The lowest BCUT2D eigenvalue weighted by molar-refractivity contribution is 0.122. The third-order valence-electron chi connectivity index (χ3n) is 6.12. The topological polar surface area (TPSA) is 45.6 Å². The predicted octanol–water partition coefficient (Wildman–Crippen LogP) is 6.04. The van der Waals surface area contributed by atoms with Crippen LogP contribution < -0.4 is 4.90 Å². The summed E-state index contributed by atoms with van der Waals surface area (Å²) >= 11 is 1.74. The van der Waals surface area contributed by atoms with E-state index in [2.05, 4.69) is 70.5 Å². The Kier molecular flexibility index (Phi) is 7.25. The number of hydrogen-bond acceptors (Lipinski definition) is 5. The third kappa shape index (κ3) is 5.50. The number of aromatic nitrogens is 1. The SMILES string of the molecule is OCc1ccc(-c2ccc(SCc3ccc(-c4ccc(N5CCOCC5)cc4)cc3)nc2)cc1. The number of rotatable bonds is 7. The van der Waals surface area contributed by atoms with Crippen LogP contribution in [0.4, 0.5) is 5.69 Å². The minimum Gasteiger partial charge on any atom is -0.392 e. The second-order valence-electron chi connectivity index (χ2n) is 8.37. The Balaban J connectivity index is 1.17. The molecule has 0 spiro atoms. The molecule has 1 aliphatic heterocycles. The first-order valence-corrected chi connectivity index (χ1v) is 12.6. The average Bonchev–Trinajstić information content (AvgIpc) is 2.93. The second-order valence-corrected chi connectivity index (χ2v) is 9.37. The van der Waals surface area contributed by atoms with E-state index in [9.17, 15) is 5.11 Å². The standard InChI is InChI=1S/C29H28N2O2S/c32-20-22-1-5-26(6-2-22)27-11-14-29(30-19-27)34-21-23-3-7-24(8-4-23)25-9-12-28(13-10-25)31-15-17-33-18-16-31/h1-14,19,32H,15-18,20-21H2. The smallest absolute Gasteiger partial charge is 0.0963 e. The molecule has 0 amide bonds. The van der Waals surface area contributed by atoms with E-state index in [4.69, 9.17) is 4.74 Å². The van der Waals surface area contributed by atoms with Gasteiger partial charge in [-0.15, -0.1) is 11.8 Å². The minimum atomic E-state index is 0.0658. The van der Waals surface area contributed by atoms with E-state index in [1.165, 1.54) is 22.4 Å². The highest BCUT2D eigenvalue weighted by atomic mass is 32.2. The van der Waals surface area contributed by atoms with Crippen LogP contribution >= 0.6 is 11.8 Å². The summed E-state index contributed by atoms with van der Waals surface area (Å²) in [4.78, 5) is 7.00. The van der Waals surface area contributed by atoms with E-state index >= 15 is 0 Å². The molecule has 4 aromatic rings. The molecule has 34 heavy (non-hydrogen) atoms. The lowest BCUT2D eigenvalue weighted by atomic mass is 10.0. The number of morpholine rings is 1. The number of benzene rings is 3. The Hall–Kier alpha value is -3.12. The molecule has 172 valence electrons. The number of nitrogens with zero attached hydrogens (tertiary/aromatic N) is 2. The molecular formula is C29H28N2O2S. The molecule has 1 aromatic heterocycles. The van der Waals surface area contributed by atoms with Crippen molar-refractivity contribution in [1.82, 2.24) is 4.98 Å². The van der Waals surface area contributed by atoms with Gasteiger partial charge in [0.15, 0.2) is 0 Å². The van der Waals surface area contributed by atoms with Crippen LogP contribution in [0.3, 0.4) is 0 Å². The van der Waals surface area contributed by atoms with Gasteiger partial charge in [-0.25, -0.2) is 4.98 Å². The summed E-state index contributed by atoms with van der Waals surface area (Å²) < 4.78 is 5.45. The first-order chi connectivity index (χ1) is 16.8. The molecule has 1 fully saturated rings. The average molecular weight is 469 g/mol. The predicted molar refractivity (Wildman–Crippen MR) is 140 cm³/mol. The van der Waals surface area contributed by atoms with Crippen molar-refractivity contribution < 1.29 is 9.84 Å². The third-order valence-corrected chi connectivity index (χ3v) is 7.14. The highest BCUT2D eigenvalue weighted by molar-refractivity contribution is 7.98. The number of aliphatic hydroxyl groups excluding tert-OH is 1. The molecule has 0 unspecified atom stereocenters. The second kappa shape index (κ2) is 10.9. The van der Waals surface area contributed by atoms with Crippen LogP contribution in [0, 0.1) is 0 Å². The summed E-state index contributed by atoms with van der Waals surface area (Å²) in [7, 11) is 0. The highest BCUT2D eigenvalue weighted by Gasteiger charge is 2.11. The van der Waals surface area contributed by atoms with Crippen molar-refractivity contribution in [2.45, 2.75) is 17.4 Å². The monoisotopic (exact) mass is 468 g/mol. The maximum absolute atomic E-state index is 9.20. The highest BCUT2D eigenvalue weighted by Crippen LogP contribution is 2.27. The van der Waals surface area contributed by atoms with Crippen molar-refractivity contribution >= 4 is 17.4 Å². The fourth-order valence-corrected chi connectivity index (χ4v) is 4.87. The number of thioether (sulfide) groups is 1. The Morgan fingerprint density at radius 1 is 0.706 bits per heavy atom. The summed E-state index contributed by atoms with van der Waals surface area (Å²) in [6.45, 7) is 3.60. The van der Waals surface area contributed by atoms with Crippen LogP contribution in [0.15, 0.2) is 96.2 Å². The minimum absolute atomic E-state index is 0.0658. The Morgan fingerprint density at radius 3 is 1.85 bits per heavy atom. The first-order valence-electron chi connectivity index (χ1n) is 11.6. The molecule has 5 rings (SSSR count). The van der Waals surface area contributed by atoms with Crippen LogP contribution in [-0.2, 0) is 17.1 Å². The molecule has 4 nitrogen and oxygen atoms in total. The largest absolute Gasteiger partial charge is 0.392 e. The lowest BCUT2D eigenvalue weighted by Gasteiger charge is -2.28.